The molecule has 0 atom stereocenters. The van der Waals surface area contributed by atoms with Crippen LogP contribution in [0, 0.1) is 13.8 Å². The number of aryl methyl sites for hydroxylation is 2. The van der Waals surface area contributed by atoms with Crippen LogP contribution in [0.1, 0.15) is 11.1 Å². The van der Waals surface area contributed by atoms with E-state index in [0.717, 1.165) is 39.4 Å². The number of rotatable bonds is 5. The van der Waals surface area contributed by atoms with Crippen LogP contribution in [0.25, 0.3) is 60.6 Å². The molecular weight excluding hydrogens is 560 g/mol. The van der Waals surface area contributed by atoms with E-state index >= 15 is 0 Å². The summed E-state index contributed by atoms with van der Waals surface area (Å²) in [5, 5.41) is 5.02. The second-order valence-corrected chi connectivity index (χ2v) is 12.0. The van der Waals surface area contributed by atoms with Gasteiger partial charge in [-0.2, -0.15) is 0 Å². The monoisotopic (exact) mass is 590 g/mol. The number of benzene rings is 5. The lowest BCUT2D eigenvalue weighted by atomic mass is 10.0. The first-order valence-corrected chi connectivity index (χ1v) is 15.7. The van der Waals surface area contributed by atoms with Crippen LogP contribution >= 0.6 is 0 Å². The molecule has 0 fully saturated rings. The smallest absolute Gasteiger partial charge is 0.0949 e. The Hall–Kier alpha value is -6.00. The van der Waals surface area contributed by atoms with Gasteiger partial charge in [0.05, 0.1) is 33.6 Å². The summed E-state index contributed by atoms with van der Waals surface area (Å²) in [5.74, 6) is 0. The summed E-state index contributed by atoms with van der Waals surface area (Å²) < 4.78 is 2.42. The normalized spacial score (nSPS) is 11.7. The average Bonchev–Trinajstić information content (AvgIpc) is 3.63. The van der Waals surface area contributed by atoms with Crippen LogP contribution in [0.4, 0.5) is 17.1 Å². The van der Waals surface area contributed by atoms with E-state index in [0.29, 0.717) is 0 Å². The molecule has 0 amide bonds. The number of nitrogens with zero attached hydrogens (tertiary/aromatic N) is 4. The first-order valence-electron chi connectivity index (χ1n) is 15.7. The zero-order valence-corrected chi connectivity index (χ0v) is 25.6. The molecule has 0 saturated heterocycles. The SMILES string of the molecule is Cc1cccc(C)c1N(c1cccc(-c2ccccn2)c1)c1cccc(-c2nccc3c4cccc5c6ccccc6n(c23)c54)c1. The van der Waals surface area contributed by atoms with Crippen LogP contribution in [0.5, 0.6) is 0 Å². The van der Waals surface area contributed by atoms with E-state index in [-0.39, 0.29) is 0 Å². The van der Waals surface area contributed by atoms with Crippen molar-refractivity contribution in [3.05, 3.63) is 157 Å². The average molecular weight is 591 g/mol. The Morgan fingerprint density at radius 2 is 1.13 bits per heavy atom. The quantitative estimate of drug-likeness (QED) is 0.200. The highest BCUT2D eigenvalue weighted by Crippen LogP contribution is 2.44. The summed E-state index contributed by atoms with van der Waals surface area (Å²) in [5.41, 5.74) is 13.4. The molecule has 0 N–H and O–H groups in total. The molecular formula is C42H30N4. The highest BCUT2D eigenvalue weighted by Gasteiger charge is 2.22. The highest BCUT2D eigenvalue weighted by molar-refractivity contribution is 6.24. The summed E-state index contributed by atoms with van der Waals surface area (Å²) in [6, 6.07) is 47.5. The Morgan fingerprint density at radius 3 is 1.91 bits per heavy atom. The molecule has 0 spiro atoms. The number of hydrogen-bond acceptors (Lipinski definition) is 3. The molecule has 9 rings (SSSR count). The molecule has 0 aliphatic carbocycles. The van der Waals surface area contributed by atoms with E-state index in [9.17, 15) is 0 Å². The van der Waals surface area contributed by atoms with Crippen LogP contribution in [0.2, 0.25) is 0 Å². The van der Waals surface area contributed by atoms with Crippen LogP contribution < -0.4 is 4.90 Å². The molecule has 0 saturated carbocycles. The first-order chi connectivity index (χ1) is 22.7. The van der Waals surface area contributed by atoms with Gasteiger partial charge in [0.15, 0.2) is 0 Å². The standard InChI is InChI=1S/C42H30N4/c1-27-11-7-12-28(2)40(27)45(31-15-8-13-29(25-31)37-20-5-6-23-43-37)32-16-9-14-30(26-32)39-42-36(22-24-44-39)35-19-10-18-34-33-17-3-4-21-38(33)46(42)41(34)35/h3-26H,1-2H3. The Bertz CT molecular complexity index is 2540. The number of fused-ring (bicyclic) bond motifs is 6. The minimum atomic E-state index is 0.952. The van der Waals surface area contributed by atoms with Gasteiger partial charge in [0, 0.05) is 56.4 Å². The van der Waals surface area contributed by atoms with Crippen molar-refractivity contribution in [2.24, 2.45) is 0 Å². The predicted molar refractivity (Wildman–Crippen MR) is 192 cm³/mol. The molecule has 0 aliphatic heterocycles. The van der Waals surface area contributed by atoms with Crippen LogP contribution in [0.3, 0.4) is 0 Å². The number of aromatic nitrogens is 3. The summed E-state index contributed by atoms with van der Waals surface area (Å²) in [7, 11) is 0. The topological polar surface area (TPSA) is 33.4 Å². The van der Waals surface area contributed by atoms with Gasteiger partial charge in [0.2, 0.25) is 0 Å². The van der Waals surface area contributed by atoms with E-state index in [4.69, 9.17) is 4.98 Å². The fraction of sp³-hybridized carbons (Fsp3) is 0.0476. The molecule has 9 aromatic rings. The molecule has 4 heteroatoms. The minimum Gasteiger partial charge on any atom is -0.310 e. The minimum absolute atomic E-state index is 0.952. The summed E-state index contributed by atoms with van der Waals surface area (Å²) in [4.78, 5) is 12.1. The maximum absolute atomic E-state index is 5.06. The first kappa shape index (κ1) is 26.4. The van der Waals surface area contributed by atoms with Crippen molar-refractivity contribution in [3.8, 4) is 22.5 Å². The Kier molecular flexibility index (Phi) is 5.90. The molecule has 0 aliphatic rings. The van der Waals surface area contributed by atoms with Crippen molar-refractivity contribution < 1.29 is 0 Å². The fourth-order valence-electron chi connectivity index (χ4n) is 7.27. The number of pyridine rings is 2. The maximum atomic E-state index is 5.06. The highest BCUT2D eigenvalue weighted by atomic mass is 15.1. The van der Waals surface area contributed by atoms with E-state index in [1.165, 1.54) is 49.4 Å². The number of hydrogen-bond donors (Lipinski definition) is 0. The van der Waals surface area contributed by atoms with Crippen LogP contribution in [-0.2, 0) is 0 Å². The summed E-state index contributed by atoms with van der Waals surface area (Å²) in [6.07, 6.45) is 3.80. The van der Waals surface area contributed by atoms with Gasteiger partial charge >= 0.3 is 0 Å². The Labute approximate surface area is 267 Å². The van der Waals surface area contributed by atoms with Crippen LogP contribution in [0.15, 0.2) is 146 Å². The third kappa shape index (κ3) is 3.93. The molecule has 218 valence electrons. The Morgan fingerprint density at radius 1 is 0.500 bits per heavy atom. The van der Waals surface area contributed by atoms with Crippen molar-refractivity contribution in [3.63, 3.8) is 0 Å². The molecule has 0 radical (unpaired) electrons. The van der Waals surface area contributed by atoms with Gasteiger partial charge in [-0.1, -0.05) is 84.9 Å². The fourth-order valence-corrected chi connectivity index (χ4v) is 7.27. The summed E-state index contributed by atoms with van der Waals surface area (Å²) >= 11 is 0. The number of anilines is 3. The largest absolute Gasteiger partial charge is 0.310 e. The van der Waals surface area contributed by atoms with Crippen molar-refractivity contribution in [1.29, 1.82) is 0 Å². The Balaban J connectivity index is 1.29. The third-order valence-electron chi connectivity index (χ3n) is 9.24. The van der Waals surface area contributed by atoms with Crippen LogP contribution in [-0.4, -0.2) is 14.4 Å². The van der Waals surface area contributed by atoms with Gasteiger partial charge in [-0.25, -0.2) is 0 Å². The summed E-state index contributed by atoms with van der Waals surface area (Å²) in [6.45, 7) is 4.38. The van der Waals surface area contributed by atoms with E-state index < -0.39 is 0 Å². The van der Waals surface area contributed by atoms with Gasteiger partial charge in [-0.15, -0.1) is 0 Å². The lowest BCUT2D eigenvalue weighted by molar-refractivity contribution is 1.21. The molecule has 0 unspecified atom stereocenters. The van der Waals surface area contributed by atoms with Crippen molar-refractivity contribution >= 4 is 55.2 Å². The van der Waals surface area contributed by atoms with Gasteiger partial charge in [0.25, 0.3) is 0 Å². The van der Waals surface area contributed by atoms with E-state index in [2.05, 4.69) is 149 Å². The number of para-hydroxylation sites is 3. The molecule has 0 bridgehead atoms. The second kappa shape index (κ2) is 10.3. The zero-order chi connectivity index (χ0) is 30.8. The van der Waals surface area contributed by atoms with Gasteiger partial charge in [-0.05, 0) is 73.5 Å². The van der Waals surface area contributed by atoms with Gasteiger partial charge in [-0.3, -0.25) is 9.97 Å². The maximum Gasteiger partial charge on any atom is 0.0949 e. The van der Waals surface area contributed by atoms with E-state index in [1.807, 2.05) is 24.5 Å². The van der Waals surface area contributed by atoms with Gasteiger partial charge in [0.1, 0.15) is 0 Å². The molecule has 5 aromatic carbocycles. The van der Waals surface area contributed by atoms with Gasteiger partial charge < -0.3 is 9.30 Å². The molecule has 46 heavy (non-hydrogen) atoms. The molecule has 4 aromatic heterocycles. The van der Waals surface area contributed by atoms with Crippen molar-refractivity contribution in [2.45, 2.75) is 13.8 Å². The van der Waals surface area contributed by atoms with Crippen molar-refractivity contribution in [1.82, 2.24) is 14.4 Å². The zero-order valence-electron chi connectivity index (χ0n) is 25.6. The van der Waals surface area contributed by atoms with E-state index in [1.54, 1.807) is 0 Å². The molecule has 4 nitrogen and oxygen atoms in total. The second-order valence-electron chi connectivity index (χ2n) is 12.0. The van der Waals surface area contributed by atoms with Crippen molar-refractivity contribution in [2.75, 3.05) is 4.90 Å². The molecule has 4 heterocycles. The lowest BCUT2D eigenvalue weighted by Gasteiger charge is -2.29. The lowest BCUT2D eigenvalue weighted by Crippen LogP contribution is -2.13. The third-order valence-corrected chi connectivity index (χ3v) is 9.24. The predicted octanol–water partition coefficient (Wildman–Crippen LogP) is 11.0.